The Labute approximate surface area is 69.6 Å². The average molecular weight is 172 g/mol. The number of rotatable bonds is 3. The highest BCUT2D eigenvalue weighted by atomic mass is 19.1. The summed E-state index contributed by atoms with van der Waals surface area (Å²) in [6, 6.07) is 3.51. The summed E-state index contributed by atoms with van der Waals surface area (Å²) in [4.78, 5) is 0. The molecule has 0 aliphatic heterocycles. The zero-order valence-electron chi connectivity index (χ0n) is 6.70. The van der Waals surface area contributed by atoms with E-state index in [-0.39, 0.29) is 0 Å². The third-order valence-electron chi connectivity index (χ3n) is 1.47. The predicted octanol–water partition coefficient (Wildman–Crippen LogP) is 1.19. The van der Waals surface area contributed by atoms with Gasteiger partial charge in [-0.1, -0.05) is 6.07 Å². The van der Waals surface area contributed by atoms with Crippen molar-refractivity contribution in [3.05, 3.63) is 35.4 Å². The van der Waals surface area contributed by atoms with Gasteiger partial charge in [-0.3, -0.25) is 10.9 Å². The number of benzene rings is 1. The maximum absolute atomic E-state index is 12.9. The molecule has 0 saturated carbocycles. The minimum absolute atomic E-state index is 0.336. The van der Waals surface area contributed by atoms with Crippen molar-refractivity contribution in [3.8, 4) is 0 Å². The topological polar surface area (TPSA) is 24.1 Å². The standard InChI is InChI=1S/C8H10F2N2/c1-11-12-5-6-2-3-7(9)4-8(6)10/h2-4,11-12H,5H2,1H3. The normalized spacial score (nSPS) is 10.2. The van der Waals surface area contributed by atoms with Gasteiger partial charge in [-0.25, -0.2) is 8.78 Å². The average Bonchev–Trinajstić information content (AvgIpc) is 2.03. The molecule has 0 fully saturated rings. The molecule has 0 bridgehead atoms. The minimum atomic E-state index is -0.555. The third kappa shape index (κ3) is 2.25. The first-order chi connectivity index (χ1) is 5.74. The van der Waals surface area contributed by atoms with Gasteiger partial charge in [-0.15, -0.1) is 0 Å². The van der Waals surface area contributed by atoms with Crippen LogP contribution in [0.5, 0.6) is 0 Å². The highest BCUT2D eigenvalue weighted by molar-refractivity contribution is 5.18. The third-order valence-corrected chi connectivity index (χ3v) is 1.47. The van der Waals surface area contributed by atoms with Crippen molar-refractivity contribution in [3.63, 3.8) is 0 Å². The molecule has 0 atom stereocenters. The molecule has 0 aliphatic carbocycles. The molecule has 0 aliphatic rings. The highest BCUT2D eigenvalue weighted by Gasteiger charge is 2.01. The zero-order valence-corrected chi connectivity index (χ0v) is 6.70. The molecule has 1 rings (SSSR count). The van der Waals surface area contributed by atoms with Gasteiger partial charge >= 0.3 is 0 Å². The molecule has 0 radical (unpaired) electrons. The van der Waals surface area contributed by atoms with Crippen molar-refractivity contribution in [2.75, 3.05) is 7.05 Å². The number of nitrogens with one attached hydrogen (secondary N) is 2. The number of halogens is 2. The predicted molar refractivity (Wildman–Crippen MR) is 42.3 cm³/mol. The van der Waals surface area contributed by atoms with E-state index in [4.69, 9.17) is 0 Å². The van der Waals surface area contributed by atoms with Gasteiger partial charge in [0.15, 0.2) is 0 Å². The molecule has 1 aromatic carbocycles. The summed E-state index contributed by atoms with van der Waals surface area (Å²) in [5.74, 6) is -1.08. The summed E-state index contributed by atoms with van der Waals surface area (Å²) in [5.41, 5.74) is 5.80. The van der Waals surface area contributed by atoms with Crippen LogP contribution in [-0.2, 0) is 6.54 Å². The molecular weight excluding hydrogens is 162 g/mol. The van der Waals surface area contributed by atoms with E-state index in [2.05, 4.69) is 10.9 Å². The molecular formula is C8H10F2N2. The second-order valence-electron chi connectivity index (χ2n) is 2.34. The lowest BCUT2D eigenvalue weighted by Gasteiger charge is -2.03. The van der Waals surface area contributed by atoms with E-state index in [0.717, 1.165) is 6.07 Å². The Balaban J connectivity index is 2.72. The summed E-state index contributed by atoms with van der Waals surface area (Å²) in [5, 5.41) is 0. The molecule has 4 heteroatoms. The maximum atomic E-state index is 12.9. The van der Waals surface area contributed by atoms with Crippen LogP contribution < -0.4 is 10.9 Å². The SMILES string of the molecule is CNNCc1ccc(F)cc1F. The first-order valence-electron chi connectivity index (χ1n) is 3.57. The fraction of sp³-hybridized carbons (Fsp3) is 0.250. The Morgan fingerprint density at radius 3 is 2.67 bits per heavy atom. The Morgan fingerprint density at radius 2 is 2.08 bits per heavy atom. The molecule has 66 valence electrons. The Hall–Kier alpha value is -1.00. The summed E-state index contributed by atoms with van der Waals surface area (Å²) in [6.45, 7) is 0.336. The van der Waals surface area contributed by atoms with Crippen molar-refractivity contribution >= 4 is 0 Å². The van der Waals surface area contributed by atoms with Crippen molar-refractivity contribution in [1.29, 1.82) is 0 Å². The highest BCUT2D eigenvalue weighted by Crippen LogP contribution is 2.08. The first-order valence-corrected chi connectivity index (χ1v) is 3.57. The van der Waals surface area contributed by atoms with Crippen LogP contribution in [0, 0.1) is 11.6 Å². The van der Waals surface area contributed by atoms with Crippen LogP contribution in [0.4, 0.5) is 8.78 Å². The van der Waals surface area contributed by atoms with Crippen LogP contribution in [0.25, 0.3) is 0 Å². The van der Waals surface area contributed by atoms with Gasteiger partial charge in [0.2, 0.25) is 0 Å². The fourth-order valence-electron chi connectivity index (χ4n) is 0.849. The maximum Gasteiger partial charge on any atom is 0.130 e. The van der Waals surface area contributed by atoms with Crippen LogP contribution >= 0.6 is 0 Å². The quantitative estimate of drug-likeness (QED) is 0.669. The molecule has 1 aromatic rings. The Bertz CT molecular complexity index is 263. The number of hydrogen-bond donors (Lipinski definition) is 2. The lowest BCUT2D eigenvalue weighted by Crippen LogP contribution is -2.27. The summed E-state index contributed by atoms with van der Waals surface area (Å²) in [7, 11) is 1.68. The summed E-state index contributed by atoms with van der Waals surface area (Å²) < 4.78 is 25.3. The van der Waals surface area contributed by atoms with E-state index >= 15 is 0 Å². The lowest BCUT2D eigenvalue weighted by molar-refractivity contribution is 0.541. The number of hydrazine groups is 1. The minimum Gasteiger partial charge on any atom is -0.261 e. The molecule has 0 aromatic heterocycles. The molecule has 12 heavy (non-hydrogen) atoms. The molecule has 0 saturated heterocycles. The van der Waals surface area contributed by atoms with Crippen LogP contribution in [0.1, 0.15) is 5.56 Å². The zero-order chi connectivity index (χ0) is 8.97. The van der Waals surface area contributed by atoms with Crippen molar-refractivity contribution in [2.45, 2.75) is 6.54 Å². The Morgan fingerprint density at radius 1 is 1.33 bits per heavy atom. The van der Waals surface area contributed by atoms with E-state index in [1.165, 1.54) is 12.1 Å². The fourth-order valence-corrected chi connectivity index (χ4v) is 0.849. The molecule has 2 N–H and O–H groups in total. The van der Waals surface area contributed by atoms with Gasteiger partial charge < -0.3 is 0 Å². The van der Waals surface area contributed by atoms with E-state index < -0.39 is 11.6 Å². The van der Waals surface area contributed by atoms with E-state index in [9.17, 15) is 8.78 Å². The van der Waals surface area contributed by atoms with E-state index in [0.29, 0.717) is 12.1 Å². The van der Waals surface area contributed by atoms with Crippen molar-refractivity contribution in [1.82, 2.24) is 10.9 Å². The molecule has 0 heterocycles. The van der Waals surface area contributed by atoms with Gasteiger partial charge in [-0.05, 0) is 13.1 Å². The van der Waals surface area contributed by atoms with Crippen LogP contribution in [-0.4, -0.2) is 7.05 Å². The molecule has 0 amide bonds. The monoisotopic (exact) mass is 172 g/mol. The van der Waals surface area contributed by atoms with Crippen LogP contribution in [0.15, 0.2) is 18.2 Å². The number of hydrogen-bond acceptors (Lipinski definition) is 2. The van der Waals surface area contributed by atoms with Crippen molar-refractivity contribution < 1.29 is 8.78 Å². The van der Waals surface area contributed by atoms with Crippen LogP contribution in [0.2, 0.25) is 0 Å². The van der Waals surface area contributed by atoms with Crippen LogP contribution in [0.3, 0.4) is 0 Å². The van der Waals surface area contributed by atoms with Gasteiger partial charge in [0.25, 0.3) is 0 Å². The molecule has 2 nitrogen and oxygen atoms in total. The summed E-state index contributed by atoms with van der Waals surface area (Å²) in [6.07, 6.45) is 0. The van der Waals surface area contributed by atoms with Gasteiger partial charge in [0, 0.05) is 18.2 Å². The lowest BCUT2D eigenvalue weighted by atomic mass is 10.2. The largest absolute Gasteiger partial charge is 0.261 e. The van der Waals surface area contributed by atoms with E-state index in [1.807, 2.05) is 0 Å². The van der Waals surface area contributed by atoms with Gasteiger partial charge in [0.05, 0.1) is 0 Å². The molecule has 0 unspecified atom stereocenters. The second-order valence-corrected chi connectivity index (χ2v) is 2.34. The van der Waals surface area contributed by atoms with E-state index in [1.54, 1.807) is 7.05 Å². The van der Waals surface area contributed by atoms with Gasteiger partial charge in [-0.2, -0.15) is 0 Å². The smallest absolute Gasteiger partial charge is 0.130 e. The second kappa shape index (κ2) is 4.13. The summed E-state index contributed by atoms with van der Waals surface area (Å²) >= 11 is 0. The van der Waals surface area contributed by atoms with Crippen molar-refractivity contribution in [2.24, 2.45) is 0 Å². The molecule has 0 spiro atoms. The van der Waals surface area contributed by atoms with Gasteiger partial charge in [0.1, 0.15) is 11.6 Å². The Kier molecular flexibility index (Phi) is 3.13. The first kappa shape index (κ1) is 9.09.